The molecule has 0 fully saturated rings. The molecule has 164 valence electrons. The maximum Gasteiger partial charge on any atom is 0.248 e. The second-order valence-electron chi connectivity index (χ2n) is 7.54. The molecule has 4 rings (SSSR count). The number of carbonyl (C=O) groups is 1. The number of carbonyl (C=O) groups excluding carboxylic acids is 1. The van der Waals surface area contributed by atoms with E-state index in [1.807, 2.05) is 50.2 Å². The number of nitrogens with two attached hydrogens (primary N) is 1. The number of nitrogens with one attached hydrogen (secondary N) is 1. The minimum absolute atomic E-state index is 0.0894. The molecule has 0 saturated carbocycles. The van der Waals surface area contributed by atoms with Crippen LogP contribution in [0.4, 0.5) is 5.69 Å². The van der Waals surface area contributed by atoms with Crippen molar-refractivity contribution < 1.29 is 14.6 Å². The monoisotopic (exact) mass is 431 g/mol. The molecule has 0 aliphatic heterocycles. The van der Waals surface area contributed by atoms with Crippen LogP contribution < -0.4 is 15.8 Å². The molecule has 32 heavy (non-hydrogen) atoms. The largest absolute Gasteiger partial charge is 0.437 e. The summed E-state index contributed by atoms with van der Waals surface area (Å²) in [6.45, 7) is 4.48. The van der Waals surface area contributed by atoms with Gasteiger partial charge in [-0.25, -0.2) is 9.50 Å². The van der Waals surface area contributed by atoms with Gasteiger partial charge in [0.05, 0.1) is 17.6 Å². The number of ether oxygens (including phenoxy) is 1. The van der Waals surface area contributed by atoms with Gasteiger partial charge < -0.3 is 20.9 Å². The van der Waals surface area contributed by atoms with E-state index in [-0.39, 0.29) is 6.61 Å². The summed E-state index contributed by atoms with van der Waals surface area (Å²) in [5, 5.41) is 17.1. The molecular formula is C24H25N5O3. The first-order valence-electron chi connectivity index (χ1n) is 10.4. The third-order valence-corrected chi connectivity index (χ3v) is 5.19. The quantitative estimate of drug-likeness (QED) is 0.367. The Labute approximate surface area is 185 Å². The van der Waals surface area contributed by atoms with Crippen LogP contribution >= 0.6 is 0 Å². The molecule has 2 aromatic heterocycles. The van der Waals surface area contributed by atoms with Crippen molar-refractivity contribution >= 4 is 17.2 Å². The summed E-state index contributed by atoms with van der Waals surface area (Å²) in [6.07, 6.45) is 2.33. The summed E-state index contributed by atoms with van der Waals surface area (Å²) in [5.41, 5.74) is 10.7. The number of fused-ring (bicyclic) bond motifs is 1. The molecule has 0 unspecified atom stereocenters. The molecule has 8 heteroatoms. The van der Waals surface area contributed by atoms with Crippen LogP contribution in [0.3, 0.4) is 0 Å². The van der Waals surface area contributed by atoms with E-state index in [1.54, 1.807) is 22.8 Å². The minimum Gasteiger partial charge on any atom is -0.437 e. The lowest BCUT2D eigenvalue weighted by Gasteiger charge is -2.13. The molecule has 4 N–H and O–H groups in total. The molecule has 8 nitrogen and oxygen atoms in total. The number of aryl methyl sites for hydroxylation is 2. The van der Waals surface area contributed by atoms with Crippen LogP contribution in [0, 0.1) is 13.8 Å². The van der Waals surface area contributed by atoms with E-state index < -0.39 is 5.91 Å². The molecule has 0 aliphatic carbocycles. The molecule has 0 saturated heterocycles. The van der Waals surface area contributed by atoms with Crippen molar-refractivity contribution in [1.82, 2.24) is 14.6 Å². The Bertz CT molecular complexity index is 1280. The van der Waals surface area contributed by atoms with Crippen molar-refractivity contribution in [1.29, 1.82) is 0 Å². The first-order valence-corrected chi connectivity index (χ1v) is 10.4. The Kier molecular flexibility index (Phi) is 6.04. The van der Waals surface area contributed by atoms with Gasteiger partial charge in [-0.2, -0.15) is 0 Å². The summed E-state index contributed by atoms with van der Waals surface area (Å²) in [4.78, 5) is 16.2. The van der Waals surface area contributed by atoms with Crippen LogP contribution in [-0.2, 0) is 0 Å². The average molecular weight is 431 g/mol. The van der Waals surface area contributed by atoms with Gasteiger partial charge in [-0.15, -0.1) is 5.10 Å². The van der Waals surface area contributed by atoms with Crippen LogP contribution in [0.2, 0.25) is 0 Å². The van der Waals surface area contributed by atoms with Crippen molar-refractivity contribution in [2.24, 2.45) is 5.73 Å². The van der Waals surface area contributed by atoms with Crippen molar-refractivity contribution in [2.75, 3.05) is 18.5 Å². The normalized spacial score (nSPS) is 11.0. The number of benzene rings is 2. The Hall–Kier alpha value is -3.91. The summed E-state index contributed by atoms with van der Waals surface area (Å²) in [7, 11) is 0. The Morgan fingerprint density at radius 3 is 2.69 bits per heavy atom. The summed E-state index contributed by atoms with van der Waals surface area (Å²) < 4.78 is 7.80. The number of para-hydroxylation sites is 1. The zero-order valence-electron chi connectivity index (χ0n) is 18.0. The second kappa shape index (κ2) is 9.07. The number of hydrogen-bond acceptors (Lipinski definition) is 6. The molecule has 0 atom stereocenters. The van der Waals surface area contributed by atoms with E-state index in [0.717, 1.165) is 28.1 Å². The van der Waals surface area contributed by atoms with Gasteiger partial charge in [0, 0.05) is 30.3 Å². The number of primary amides is 1. The first-order chi connectivity index (χ1) is 15.5. The lowest BCUT2D eigenvalue weighted by molar-refractivity contribution is 0.0999. The lowest BCUT2D eigenvalue weighted by Crippen LogP contribution is -2.12. The molecule has 4 aromatic rings. The summed E-state index contributed by atoms with van der Waals surface area (Å²) in [6, 6.07) is 14.9. The molecule has 0 spiro atoms. The third kappa shape index (κ3) is 4.26. The topological polar surface area (TPSA) is 115 Å². The van der Waals surface area contributed by atoms with E-state index in [2.05, 4.69) is 15.4 Å². The molecule has 0 bridgehead atoms. The maximum absolute atomic E-state index is 11.6. The smallest absolute Gasteiger partial charge is 0.248 e. The molecular weight excluding hydrogens is 406 g/mol. The van der Waals surface area contributed by atoms with Gasteiger partial charge in [0.15, 0.2) is 5.65 Å². The number of anilines is 1. The van der Waals surface area contributed by atoms with Gasteiger partial charge in [-0.05, 0) is 49.6 Å². The van der Waals surface area contributed by atoms with Gasteiger partial charge in [0.25, 0.3) is 0 Å². The fourth-order valence-electron chi connectivity index (χ4n) is 3.51. The number of hydrogen-bond donors (Lipinski definition) is 3. The fourth-order valence-corrected chi connectivity index (χ4v) is 3.51. The van der Waals surface area contributed by atoms with Crippen molar-refractivity contribution in [2.45, 2.75) is 20.3 Å². The highest BCUT2D eigenvalue weighted by Crippen LogP contribution is 2.30. The van der Waals surface area contributed by atoms with E-state index in [0.29, 0.717) is 35.8 Å². The van der Waals surface area contributed by atoms with Crippen molar-refractivity contribution in [3.05, 3.63) is 71.4 Å². The van der Waals surface area contributed by atoms with E-state index in [1.165, 1.54) is 0 Å². The lowest BCUT2D eigenvalue weighted by atomic mass is 10.0. The van der Waals surface area contributed by atoms with Crippen LogP contribution in [0.15, 0.2) is 54.7 Å². The van der Waals surface area contributed by atoms with Gasteiger partial charge in [-0.1, -0.05) is 24.3 Å². The van der Waals surface area contributed by atoms with E-state index >= 15 is 0 Å². The van der Waals surface area contributed by atoms with Crippen LogP contribution in [0.1, 0.15) is 27.9 Å². The van der Waals surface area contributed by atoms with Gasteiger partial charge >= 0.3 is 0 Å². The molecule has 2 aromatic carbocycles. The Morgan fingerprint density at radius 2 is 1.97 bits per heavy atom. The summed E-state index contributed by atoms with van der Waals surface area (Å²) >= 11 is 0. The van der Waals surface area contributed by atoms with Crippen molar-refractivity contribution in [3.63, 3.8) is 0 Å². The Morgan fingerprint density at radius 1 is 1.16 bits per heavy atom. The number of rotatable bonds is 8. The van der Waals surface area contributed by atoms with Gasteiger partial charge in [-0.3, -0.25) is 4.79 Å². The molecule has 1 amide bonds. The SMILES string of the molecule is Cc1ccccc1Oc1cc(NCCCO)c2ncc(-c3ccc(C(N)=O)c(C)c3)n2n1. The number of aliphatic hydroxyl groups is 1. The zero-order chi connectivity index (χ0) is 22.7. The number of amides is 1. The predicted molar refractivity (Wildman–Crippen MR) is 123 cm³/mol. The van der Waals surface area contributed by atoms with Crippen molar-refractivity contribution in [3.8, 4) is 22.9 Å². The summed E-state index contributed by atoms with van der Waals surface area (Å²) in [5.74, 6) is 0.654. The number of imidazole rings is 1. The van der Waals surface area contributed by atoms with Crippen LogP contribution in [0.5, 0.6) is 11.6 Å². The highest BCUT2D eigenvalue weighted by atomic mass is 16.5. The number of nitrogens with zero attached hydrogens (tertiary/aromatic N) is 3. The highest BCUT2D eigenvalue weighted by molar-refractivity contribution is 5.94. The minimum atomic E-state index is -0.463. The Balaban J connectivity index is 1.81. The van der Waals surface area contributed by atoms with Gasteiger partial charge in [0.1, 0.15) is 5.75 Å². The zero-order valence-corrected chi connectivity index (χ0v) is 18.0. The molecule has 0 radical (unpaired) electrons. The van der Waals surface area contributed by atoms with E-state index in [4.69, 9.17) is 15.6 Å². The van der Waals surface area contributed by atoms with E-state index in [9.17, 15) is 4.79 Å². The number of aliphatic hydroxyl groups excluding tert-OH is 1. The first kappa shape index (κ1) is 21.3. The third-order valence-electron chi connectivity index (χ3n) is 5.19. The fraction of sp³-hybridized carbons (Fsp3) is 0.208. The highest BCUT2D eigenvalue weighted by Gasteiger charge is 2.16. The predicted octanol–water partition coefficient (Wildman–Crippen LogP) is 3.70. The maximum atomic E-state index is 11.6. The average Bonchev–Trinajstić information content (AvgIpc) is 3.19. The van der Waals surface area contributed by atoms with Gasteiger partial charge in [0.2, 0.25) is 11.8 Å². The van der Waals surface area contributed by atoms with Crippen LogP contribution in [0.25, 0.3) is 16.9 Å². The standard InChI is InChI=1S/C24H25N5O3/c1-15-6-3-4-7-21(15)32-22-13-19(26-10-5-11-30)24-27-14-20(29(24)28-22)17-8-9-18(23(25)31)16(2)12-17/h3-4,6-9,12-14,26,30H,5,10-11H2,1-2H3,(H2,25,31). The second-order valence-corrected chi connectivity index (χ2v) is 7.54. The number of aromatic nitrogens is 3. The molecule has 0 aliphatic rings. The molecule has 2 heterocycles. The van der Waals surface area contributed by atoms with Crippen LogP contribution in [-0.4, -0.2) is 38.8 Å².